The minimum atomic E-state index is -0.971. The van der Waals surface area contributed by atoms with E-state index in [0.717, 1.165) is 47.3 Å². The van der Waals surface area contributed by atoms with E-state index in [1.807, 2.05) is 30.3 Å². The van der Waals surface area contributed by atoms with Crippen LogP contribution in [0.4, 0.5) is 4.79 Å². The summed E-state index contributed by atoms with van der Waals surface area (Å²) in [6.07, 6.45) is 0.968. The zero-order valence-electron chi connectivity index (χ0n) is 27.6. The summed E-state index contributed by atoms with van der Waals surface area (Å²) < 4.78 is 24.9. The van der Waals surface area contributed by atoms with Crippen LogP contribution in [0, 0.1) is 0 Å². The van der Waals surface area contributed by atoms with Crippen LogP contribution in [-0.2, 0) is 46.9 Å². The summed E-state index contributed by atoms with van der Waals surface area (Å²) in [6, 6.07) is 35.0. The normalized spacial score (nSPS) is 17.8. The van der Waals surface area contributed by atoms with Crippen molar-refractivity contribution in [2.24, 2.45) is 0 Å². The van der Waals surface area contributed by atoms with Gasteiger partial charge in [-0.2, -0.15) is 0 Å². The molecule has 1 aliphatic rings. The van der Waals surface area contributed by atoms with Gasteiger partial charge < -0.3 is 29.0 Å². The molecule has 1 N–H and O–H groups in total. The molecule has 1 fully saturated rings. The van der Waals surface area contributed by atoms with Crippen molar-refractivity contribution in [1.82, 2.24) is 4.90 Å². The zero-order valence-corrected chi connectivity index (χ0v) is 27.6. The van der Waals surface area contributed by atoms with Gasteiger partial charge in [0.05, 0.1) is 58.3 Å². The molecular formula is C40H47NO6. The molecule has 0 aliphatic carbocycles. The van der Waals surface area contributed by atoms with E-state index < -0.39 is 18.3 Å². The first-order valence-electron chi connectivity index (χ1n) is 16.7. The van der Waals surface area contributed by atoms with Crippen LogP contribution in [0.5, 0.6) is 5.75 Å². The number of rotatable bonds is 16. The molecule has 0 radical (unpaired) electrons. The first-order chi connectivity index (χ1) is 23.0. The molecule has 5 rings (SSSR count). The summed E-state index contributed by atoms with van der Waals surface area (Å²) in [5, 5.41) is 10.0. The lowest BCUT2D eigenvalue weighted by molar-refractivity contribution is -0.0937. The van der Waals surface area contributed by atoms with Gasteiger partial charge in [0.2, 0.25) is 0 Å². The molecule has 4 aromatic rings. The van der Waals surface area contributed by atoms with Gasteiger partial charge in [0.25, 0.3) is 0 Å². The molecule has 0 aromatic heterocycles. The molecule has 7 heteroatoms. The number of hydrogen-bond acceptors (Lipinski definition) is 5. The molecule has 1 amide bonds. The first kappa shape index (κ1) is 34.2. The number of nitrogens with zero attached hydrogens (tertiary/aromatic N) is 1. The van der Waals surface area contributed by atoms with E-state index in [4.69, 9.17) is 18.9 Å². The monoisotopic (exact) mass is 637 g/mol. The second kappa shape index (κ2) is 17.7. The average molecular weight is 638 g/mol. The minimum absolute atomic E-state index is 0.170. The Balaban J connectivity index is 1.26. The molecule has 4 aromatic carbocycles. The highest BCUT2D eigenvalue weighted by atomic mass is 16.5. The molecule has 1 heterocycles. The Kier molecular flexibility index (Phi) is 12.8. The van der Waals surface area contributed by atoms with Crippen LogP contribution in [0.2, 0.25) is 0 Å². The van der Waals surface area contributed by atoms with Gasteiger partial charge in [-0.3, -0.25) is 0 Å². The Morgan fingerprint density at radius 1 is 0.660 bits per heavy atom. The van der Waals surface area contributed by atoms with E-state index in [2.05, 4.69) is 86.6 Å². The van der Waals surface area contributed by atoms with Gasteiger partial charge >= 0.3 is 6.09 Å². The van der Waals surface area contributed by atoms with Crippen molar-refractivity contribution in [2.45, 2.75) is 71.1 Å². The van der Waals surface area contributed by atoms with Gasteiger partial charge in [-0.05, 0) is 58.4 Å². The van der Waals surface area contributed by atoms with Crippen LogP contribution >= 0.6 is 0 Å². The molecule has 3 atom stereocenters. The van der Waals surface area contributed by atoms with E-state index in [0.29, 0.717) is 33.0 Å². The molecule has 1 aliphatic heterocycles. The van der Waals surface area contributed by atoms with Gasteiger partial charge in [0.1, 0.15) is 5.75 Å². The predicted octanol–water partition coefficient (Wildman–Crippen LogP) is 8.05. The Morgan fingerprint density at radius 3 is 1.68 bits per heavy atom. The van der Waals surface area contributed by atoms with E-state index >= 15 is 0 Å². The molecule has 248 valence electrons. The SMILES string of the molecule is CCc1ccc(CO[C@H]2CN(C(=O)O)C[C@@H](OCc3ccc(CC)cc3)[C@H]2c2ccc(OCCCOCc3ccccc3)cc2)cc1. The molecule has 0 unspecified atom stereocenters. The van der Waals surface area contributed by atoms with Gasteiger partial charge in [-0.1, -0.05) is 105 Å². The second-order valence-corrected chi connectivity index (χ2v) is 12.1. The third-order valence-corrected chi connectivity index (χ3v) is 8.74. The molecule has 0 saturated carbocycles. The quantitative estimate of drug-likeness (QED) is 0.125. The maximum absolute atomic E-state index is 12.3. The number of likely N-dealkylation sites (tertiary alicyclic amines) is 1. The Morgan fingerprint density at radius 2 is 1.17 bits per heavy atom. The number of piperidine rings is 1. The molecule has 7 nitrogen and oxygen atoms in total. The molecule has 0 spiro atoms. The highest BCUT2D eigenvalue weighted by Crippen LogP contribution is 2.35. The minimum Gasteiger partial charge on any atom is -0.494 e. The summed E-state index contributed by atoms with van der Waals surface area (Å²) in [7, 11) is 0. The number of benzene rings is 4. The summed E-state index contributed by atoms with van der Waals surface area (Å²) in [4.78, 5) is 13.7. The molecule has 1 saturated heterocycles. The predicted molar refractivity (Wildman–Crippen MR) is 184 cm³/mol. The topological polar surface area (TPSA) is 77.5 Å². The lowest BCUT2D eigenvalue weighted by atomic mass is 9.84. The van der Waals surface area contributed by atoms with Crippen LogP contribution in [0.25, 0.3) is 0 Å². The number of aryl methyl sites for hydroxylation is 2. The third-order valence-electron chi connectivity index (χ3n) is 8.74. The van der Waals surface area contributed by atoms with Gasteiger partial charge in [-0.15, -0.1) is 0 Å². The van der Waals surface area contributed by atoms with Crippen LogP contribution in [-0.4, -0.2) is 54.6 Å². The third kappa shape index (κ3) is 10.2. The number of amides is 1. The van der Waals surface area contributed by atoms with E-state index in [9.17, 15) is 9.90 Å². The maximum atomic E-state index is 12.3. The van der Waals surface area contributed by atoms with Crippen LogP contribution in [0.15, 0.2) is 103 Å². The molecule has 0 bridgehead atoms. The smallest absolute Gasteiger partial charge is 0.407 e. The van der Waals surface area contributed by atoms with E-state index in [1.54, 1.807) is 0 Å². The molecular weight excluding hydrogens is 590 g/mol. The van der Waals surface area contributed by atoms with Crippen molar-refractivity contribution in [1.29, 1.82) is 0 Å². The van der Waals surface area contributed by atoms with Crippen LogP contribution in [0.1, 0.15) is 59.6 Å². The summed E-state index contributed by atoms with van der Waals surface area (Å²) in [5.41, 5.74) is 6.84. The Bertz CT molecular complexity index is 1430. The number of hydrogen-bond donors (Lipinski definition) is 1. The Labute approximate surface area is 279 Å². The van der Waals surface area contributed by atoms with Crippen molar-refractivity contribution in [2.75, 3.05) is 26.3 Å². The van der Waals surface area contributed by atoms with E-state index in [-0.39, 0.29) is 19.0 Å². The maximum Gasteiger partial charge on any atom is 0.407 e. The van der Waals surface area contributed by atoms with Crippen molar-refractivity contribution < 1.29 is 28.8 Å². The highest BCUT2D eigenvalue weighted by molar-refractivity contribution is 5.65. The lowest BCUT2D eigenvalue weighted by Crippen LogP contribution is -2.54. The fourth-order valence-corrected chi connectivity index (χ4v) is 5.92. The van der Waals surface area contributed by atoms with Crippen LogP contribution in [0.3, 0.4) is 0 Å². The van der Waals surface area contributed by atoms with Crippen LogP contribution < -0.4 is 4.74 Å². The van der Waals surface area contributed by atoms with Crippen molar-refractivity contribution in [3.63, 3.8) is 0 Å². The number of carboxylic acid groups (broad SMARTS) is 1. The standard InChI is InChI=1S/C40H47NO6/c1-3-30-11-15-33(16-12-30)28-46-37-25-41(40(42)43)26-38(47-29-34-17-13-31(4-2)14-18-34)39(37)35-19-21-36(22-20-35)45-24-8-23-44-27-32-9-6-5-7-10-32/h5-7,9-22,37-39H,3-4,8,23-29H2,1-2H3,(H,42,43)/t37-,38+,39-. The summed E-state index contributed by atoms with van der Waals surface area (Å²) in [6.45, 7) is 7.33. The van der Waals surface area contributed by atoms with Gasteiger partial charge in [0, 0.05) is 12.3 Å². The average Bonchev–Trinajstić information content (AvgIpc) is 3.12. The first-order valence-corrected chi connectivity index (χ1v) is 16.7. The fourth-order valence-electron chi connectivity index (χ4n) is 5.92. The summed E-state index contributed by atoms with van der Waals surface area (Å²) in [5.74, 6) is 0.609. The summed E-state index contributed by atoms with van der Waals surface area (Å²) >= 11 is 0. The molecule has 47 heavy (non-hydrogen) atoms. The van der Waals surface area contributed by atoms with E-state index in [1.165, 1.54) is 16.0 Å². The Hall–Kier alpha value is -4.17. The van der Waals surface area contributed by atoms with Crippen molar-refractivity contribution in [3.8, 4) is 5.75 Å². The second-order valence-electron chi connectivity index (χ2n) is 12.1. The van der Waals surface area contributed by atoms with Gasteiger partial charge in [0.15, 0.2) is 0 Å². The zero-order chi connectivity index (χ0) is 32.8. The van der Waals surface area contributed by atoms with Crippen molar-refractivity contribution >= 4 is 6.09 Å². The fraction of sp³-hybridized carbons (Fsp3) is 0.375. The number of ether oxygens (including phenoxy) is 4. The van der Waals surface area contributed by atoms with Gasteiger partial charge in [-0.25, -0.2) is 4.79 Å². The lowest BCUT2D eigenvalue weighted by Gasteiger charge is -2.42. The largest absolute Gasteiger partial charge is 0.494 e. The highest BCUT2D eigenvalue weighted by Gasteiger charge is 2.41. The van der Waals surface area contributed by atoms with Crippen molar-refractivity contribution in [3.05, 3.63) is 137 Å². The number of carbonyl (C=O) groups is 1.